The van der Waals surface area contributed by atoms with Crippen molar-refractivity contribution in [2.24, 2.45) is 0 Å². The number of halogens is 3. The van der Waals surface area contributed by atoms with Crippen LogP contribution in [0.15, 0.2) is 53.1 Å². The first-order valence-corrected chi connectivity index (χ1v) is 12.5. The number of nitrogens with one attached hydrogen (secondary N) is 1. The van der Waals surface area contributed by atoms with Gasteiger partial charge in [0.2, 0.25) is 11.8 Å². The number of alkyl halides is 3. The zero-order valence-electron chi connectivity index (χ0n) is 22.1. The van der Waals surface area contributed by atoms with Gasteiger partial charge in [-0.3, -0.25) is 4.79 Å². The van der Waals surface area contributed by atoms with Gasteiger partial charge >= 0.3 is 12.3 Å². The molecule has 2 aromatic heterocycles. The Morgan fingerprint density at radius 2 is 1.93 bits per heavy atom. The fourth-order valence-corrected chi connectivity index (χ4v) is 4.37. The third-order valence-corrected chi connectivity index (χ3v) is 6.49. The summed E-state index contributed by atoms with van der Waals surface area (Å²) < 4.78 is 50.4. The predicted molar refractivity (Wildman–Crippen MR) is 141 cm³/mol. The maximum absolute atomic E-state index is 13.0. The van der Waals surface area contributed by atoms with Gasteiger partial charge < -0.3 is 14.5 Å². The number of cyclic esters (lactones) is 1. The van der Waals surface area contributed by atoms with Crippen LogP contribution in [0.5, 0.6) is 0 Å². The van der Waals surface area contributed by atoms with E-state index < -0.39 is 35.4 Å². The Balaban J connectivity index is 1.27. The lowest BCUT2D eigenvalue weighted by Crippen LogP contribution is -2.44. The standard InChI is InChI=1S/C28H23F3N6O4/c1-15(2)19-11-18(32-4)12-20-22(19)40-24(35-20)17-7-5-16(6-8-17)23(38)34-13-27(3)14-37(26(39)41-27)25-33-10-9-21(36-25)28(29,30)31/h5-12,15H,13-14H2,1-3H3,(H,34,38). The number of amides is 2. The second-order valence-electron chi connectivity index (χ2n) is 10.1. The van der Waals surface area contributed by atoms with Gasteiger partial charge in [0.05, 0.1) is 25.2 Å². The summed E-state index contributed by atoms with van der Waals surface area (Å²) >= 11 is 0. The number of oxazole rings is 1. The number of ether oxygens (including phenoxy) is 1. The Bertz CT molecular complexity index is 1690. The molecule has 0 radical (unpaired) electrons. The molecule has 13 heteroatoms. The quantitative estimate of drug-likeness (QED) is 0.281. The number of fused-ring (bicyclic) bond motifs is 1. The monoisotopic (exact) mass is 564 g/mol. The van der Waals surface area contributed by atoms with E-state index in [0.717, 1.165) is 16.7 Å². The summed E-state index contributed by atoms with van der Waals surface area (Å²) in [5.41, 5.74) is 1.05. The number of nitrogens with zero attached hydrogens (tertiary/aromatic N) is 5. The number of carbonyl (C=O) groups is 2. The Labute approximate surface area is 232 Å². The molecule has 10 nitrogen and oxygen atoms in total. The van der Waals surface area contributed by atoms with Gasteiger partial charge in [0, 0.05) is 17.3 Å². The average molecular weight is 565 g/mol. The molecule has 0 spiro atoms. The first-order chi connectivity index (χ1) is 19.4. The molecule has 5 rings (SSSR count). The third-order valence-electron chi connectivity index (χ3n) is 6.49. The molecule has 1 atom stereocenters. The molecule has 2 amide bonds. The van der Waals surface area contributed by atoms with Gasteiger partial charge in [-0.25, -0.2) is 29.5 Å². The highest BCUT2D eigenvalue weighted by Gasteiger charge is 2.44. The number of anilines is 1. The number of aromatic nitrogens is 3. The Morgan fingerprint density at radius 3 is 2.59 bits per heavy atom. The molecule has 41 heavy (non-hydrogen) atoms. The minimum atomic E-state index is -4.70. The first kappa shape index (κ1) is 27.6. The van der Waals surface area contributed by atoms with Crippen LogP contribution in [0.4, 0.5) is 29.6 Å². The second-order valence-corrected chi connectivity index (χ2v) is 10.1. The van der Waals surface area contributed by atoms with Crippen LogP contribution < -0.4 is 10.2 Å². The van der Waals surface area contributed by atoms with Crippen molar-refractivity contribution in [2.75, 3.05) is 18.0 Å². The van der Waals surface area contributed by atoms with Gasteiger partial charge in [-0.15, -0.1) is 0 Å². The summed E-state index contributed by atoms with van der Waals surface area (Å²) in [6.07, 6.45) is -4.71. The molecular formula is C28H23F3N6O4. The summed E-state index contributed by atoms with van der Waals surface area (Å²) in [7, 11) is 0. The fourth-order valence-electron chi connectivity index (χ4n) is 4.37. The van der Waals surface area contributed by atoms with Crippen LogP contribution in [0.25, 0.3) is 27.4 Å². The summed E-state index contributed by atoms with van der Waals surface area (Å²) in [5, 5.41) is 2.69. The van der Waals surface area contributed by atoms with Crippen molar-refractivity contribution >= 4 is 34.7 Å². The number of carbonyl (C=O) groups excluding carboxylic acids is 2. The minimum absolute atomic E-state index is 0.110. The van der Waals surface area contributed by atoms with E-state index in [0.29, 0.717) is 39.9 Å². The van der Waals surface area contributed by atoms with E-state index in [-0.39, 0.29) is 19.0 Å². The largest absolute Gasteiger partial charge is 0.439 e. The van der Waals surface area contributed by atoms with Crippen molar-refractivity contribution in [3.63, 3.8) is 0 Å². The van der Waals surface area contributed by atoms with E-state index in [1.807, 2.05) is 13.8 Å². The van der Waals surface area contributed by atoms with Crippen molar-refractivity contribution in [2.45, 2.75) is 38.5 Å². The van der Waals surface area contributed by atoms with Gasteiger partial charge in [0.15, 0.2) is 11.3 Å². The van der Waals surface area contributed by atoms with E-state index in [1.54, 1.807) is 43.3 Å². The van der Waals surface area contributed by atoms with E-state index in [2.05, 4.69) is 25.1 Å². The Hall–Kier alpha value is -4.99. The smallest absolute Gasteiger partial charge is 0.433 e. The van der Waals surface area contributed by atoms with Crippen LogP contribution in [-0.4, -0.2) is 45.6 Å². The lowest BCUT2D eigenvalue weighted by Gasteiger charge is -2.22. The number of rotatable bonds is 6. The molecule has 2 aromatic carbocycles. The van der Waals surface area contributed by atoms with E-state index in [1.165, 1.54) is 0 Å². The van der Waals surface area contributed by atoms with Gasteiger partial charge in [0.1, 0.15) is 11.3 Å². The Kier molecular flexibility index (Phi) is 6.86. The molecular weight excluding hydrogens is 541 g/mol. The summed E-state index contributed by atoms with van der Waals surface area (Å²) in [6, 6.07) is 10.7. The maximum atomic E-state index is 13.0. The third kappa shape index (κ3) is 5.54. The summed E-state index contributed by atoms with van der Waals surface area (Å²) in [5.74, 6) is -0.431. The molecule has 1 aliphatic rings. The molecule has 1 aliphatic heterocycles. The molecule has 1 saturated heterocycles. The SMILES string of the molecule is [C-]#[N+]c1cc(C(C)C)c2oc(-c3ccc(C(=O)NCC4(C)CN(c5nccc(C(F)(F)F)n5)C(=O)O4)cc3)nc2c1. The number of benzene rings is 2. The lowest BCUT2D eigenvalue weighted by molar-refractivity contribution is -0.141. The van der Waals surface area contributed by atoms with Crippen LogP contribution in [0.3, 0.4) is 0 Å². The zero-order chi connectivity index (χ0) is 29.5. The van der Waals surface area contributed by atoms with Gasteiger partial charge in [-0.2, -0.15) is 13.2 Å². The molecule has 210 valence electrons. The minimum Gasteiger partial charge on any atom is -0.439 e. The highest BCUT2D eigenvalue weighted by molar-refractivity contribution is 5.95. The summed E-state index contributed by atoms with van der Waals surface area (Å²) in [4.78, 5) is 41.3. The molecule has 3 heterocycles. The zero-order valence-corrected chi connectivity index (χ0v) is 22.1. The van der Waals surface area contributed by atoms with E-state index in [4.69, 9.17) is 15.7 Å². The van der Waals surface area contributed by atoms with Crippen molar-refractivity contribution in [1.82, 2.24) is 20.3 Å². The topological polar surface area (TPSA) is 115 Å². The van der Waals surface area contributed by atoms with Crippen LogP contribution >= 0.6 is 0 Å². The second kappa shape index (κ2) is 10.2. The van der Waals surface area contributed by atoms with Crippen molar-refractivity contribution < 1.29 is 31.9 Å². The number of hydrogen-bond donors (Lipinski definition) is 1. The highest BCUT2D eigenvalue weighted by Crippen LogP contribution is 2.34. The van der Waals surface area contributed by atoms with Crippen LogP contribution in [-0.2, 0) is 10.9 Å². The average Bonchev–Trinajstić information content (AvgIpc) is 3.51. The molecule has 0 aliphatic carbocycles. The Morgan fingerprint density at radius 1 is 1.20 bits per heavy atom. The predicted octanol–water partition coefficient (Wildman–Crippen LogP) is 6.12. The van der Waals surface area contributed by atoms with E-state index in [9.17, 15) is 22.8 Å². The van der Waals surface area contributed by atoms with Crippen LogP contribution in [0.1, 0.15) is 48.3 Å². The van der Waals surface area contributed by atoms with Crippen molar-refractivity contribution in [3.05, 3.63) is 76.9 Å². The van der Waals surface area contributed by atoms with Gasteiger partial charge in [0.25, 0.3) is 5.91 Å². The number of hydrogen-bond acceptors (Lipinski definition) is 7. The molecule has 1 fully saturated rings. The maximum Gasteiger partial charge on any atom is 0.433 e. The lowest BCUT2D eigenvalue weighted by atomic mass is 10.0. The molecule has 0 bridgehead atoms. The van der Waals surface area contributed by atoms with E-state index >= 15 is 0 Å². The van der Waals surface area contributed by atoms with Crippen LogP contribution in [0.2, 0.25) is 0 Å². The molecule has 0 saturated carbocycles. The van der Waals surface area contributed by atoms with Crippen molar-refractivity contribution in [1.29, 1.82) is 0 Å². The van der Waals surface area contributed by atoms with Gasteiger partial charge in [-0.05, 0) is 60.9 Å². The van der Waals surface area contributed by atoms with Gasteiger partial charge in [-0.1, -0.05) is 13.8 Å². The molecule has 4 aromatic rings. The fraction of sp³-hybridized carbons (Fsp3) is 0.286. The van der Waals surface area contributed by atoms with Crippen LogP contribution in [0, 0.1) is 6.57 Å². The first-order valence-electron chi connectivity index (χ1n) is 12.5. The molecule has 1 unspecified atom stereocenters. The summed E-state index contributed by atoms with van der Waals surface area (Å²) in [6.45, 7) is 12.6. The molecule has 1 N–H and O–H groups in total. The highest BCUT2D eigenvalue weighted by atomic mass is 19.4. The normalized spacial score (nSPS) is 17.1. The van der Waals surface area contributed by atoms with Crippen molar-refractivity contribution in [3.8, 4) is 11.5 Å².